The molecule has 112 valence electrons. The lowest BCUT2D eigenvalue weighted by atomic mass is 9.82. The first-order chi connectivity index (χ1) is 9.51. The Kier molecular flexibility index (Phi) is 5.45. The highest BCUT2D eigenvalue weighted by Gasteiger charge is 2.36. The normalized spacial score (nSPS) is 27.2. The lowest BCUT2D eigenvalue weighted by molar-refractivity contribution is 0.390. The maximum atomic E-state index is 12.0. The van der Waals surface area contributed by atoms with Crippen LogP contribution in [0.5, 0.6) is 0 Å². The van der Waals surface area contributed by atoms with Crippen LogP contribution in [0.15, 0.2) is 0 Å². The molecule has 1 heterocycles. The van der Waals surface area contributed by atoms with Crippen LogP contribution in [0, 0.1) is 5.92 Å². The van der Waals surface area contributed by atoms with E-state index < -0.39 is 30.4 Å². The van der Waals surface area contributed by atoms with Gasteiger partial charge >= 0.3 is 7.12 Å². The average Bonchev–Trinajstić information content (AvgIpc) is 2.68. The van der Waals surface area contributed by atoms with E-state index in [9.17, 15) is 8.42 Å². The molecule has 0 radical (unpaired) electrons. The summed E-state index contributed by atoms with van der Waals surface area (Å²) in [5, 5.41) is 17.6. The van der Waals surface area contributed by atoms with Crippen LogP contribution >= 0.6 is 0 Å². The number of hydrogen-bond donors (Lipinski definition) is 5. The smallest absolute Gasteiger partial charge is 0.427 e. The summed E-state index contributed by atoms with van der Waals surface area (Å²) in [6.45, 7) is -2.26. The second-order valence-electron chi connectivity index (χ2n) is 4.68. The van der Waals surface area contributed by atoms with Crippen molar-refractivity contribution < 1.29 is 21.2 Å². The van der Waals surface area contributed by atoms with Gasteiger partial charge in [-0.3, -0.25) is 0 Å². The molecule has 0 saturated carbocycles. The van der Waals surface area contributed by atoms with Gasteiger partial charge in [0, 0.05) is 34.9 Å². The fourth-order valence-electron chi connectivity index (χ4n) is 2.14. The van der Waals surface area contributed by atoms with Crippen molar-refractivity contribution in [1.29, 1.82) is 0 Å². The summed E-state index contributed by atoms with van der Waals surface area (Å²) in [6.07, 6.45) is 1.37. The van der Waals surface area contributed by atoms with E-state index in [1.54, 1.807) is 0 Å². The average molecular weight is 296 g/mol. The molecule has 8 nitrogen and oxygen atoms in total. The molecular formula is C9H23BN4O4S. The number of nitrogens with two attached hydrogens (primary N) is 2. The monoisotopic (exact) mass is 296 g/mol. The lowest BCUT2D eigenvalue weighted by Crippen LogP contribution is -2.42. The Labute approximate surface area is 117 Å². The van der Waals surface area contributed by atoms with Gasteiger partial charge in [0.05, 0.1) is 0 Å². The summed E-state index contributed by atoms with van der Waals surface area (Å²) in [4.78, 5) is 0. The van der Waals surface area contributed by atoms with Crippen molar-refractivity contribution in [3.8, 4) is 0 Å². The number of rotatable bonds is 8. The molecule has 0 aromatic rings. The quantitative estimate of drug-likeness (QED) is 0.308. The van der Waals surface area contributed by atoms with Crippen molar-refractivity contribution in [3.05, 3.63) is 0 Å². The molecule has 7 N–H and O–H groups in total. The van der Waals surface area contributed by atoms with Gasteiger partial charge in [-0.25, -0.2) is 4.72 Å². The number of hydrogen-bond acceptors (Lipinski definition) is 6. The molecule has 0 unspecified atom stereocenters. The van der Waals surface area contributed by atoms with Crippen LogP contribution in [0.1, 0.15) is 15.6 Å². The standard InChI is InChI=1S/C9H23BN4O4S/c11-4-5-13-19(17,18)14-6-8(9(12)7-14)2-1-3-10(15)16/h8-9,13,15-16H,1-7,11-12H2/t8-,9-/m0/s1/i4D2. The Morgan fingerprint density at radius 2 is 2.16 bits per heavy atom. The van der Waals surface area contributed by atoms with Crippen molar-refractivity contribution in [2.75, 3.05) is 26.1 Å². The topological polar surface area (TPSA) is 142 Å². The summed E-state index contributed by atoms with van der Waals surface area (Å²) in [5.41, 5.74) is 11.0. The van der Waals surface area contributed by atoms with Crippen LogP contribution in [-0.4, -0.2) is 62.1 Å². The van der Waals surface area contributed by atoms with E-state index in [-0.39, 0.29) is 31.4 Å². The van der Waals surface area contributed by atoms with E-state index in [1.165, 1.54) is 4.31 Å². The first kappa shape index (κ1) is 13.7. The molecule has 0 spiro atoms. The minimum absolute atomic E-state index is 0.0602. The van der Waals surface area contributed by atoms with Gasteiger partial charge in [-0.1, -0.05) is 6.42 Å². The third-order valence-electron chi connectivity index (χ3n) is 3.19. The van der Waals surface area contributed by atoms with Gasteiger partial charge in [0.25, 0.3) is 10.2 Å². The fraction of sp³-hybridized carbons (Fsp3) is 1.00. The molecule has 10 heteroatoms. The molecule has 0 aromatic heterocycles. The molecule has 0 aliphatic carbocycles. The molecule has 1 aliphatic heterocycles. The van der Waals surface area contributed by atoms with Gasteiger partial charge in [-0.2, -0.15) is 12.7 Å². The predicted octanol–water partition coefficient (Wildman–Crippen LogP) is -2.71. The highest BCUT2D eigenvalue weighted by molar-refractivity contribution is 7.87. The van der Waals surface area contributed by atoms with Crippen LogP contribution in [-0.2, 0) is 10.2 Å². The Hall–Kier alpha value is -0.225. The Morgan fingerprint density at radius 1 is 1.47 bits per heavy atom. The van der Waals surface area contributed by atoms with Crippen molar-refractivity contribution in [1.82, 2.24) is 9.03 Å². The molecule has 1 rings (SSSR count). The van der Waals surface area contributed by atoms with E-state index in [4.69, 9.17) is 24.3 Å². The molecule has 2 atom stereocenters. The largest absolute Gasteiger partial charge is 0.451 e. The van der Waals surface area contributed by atoms with Crippen molar-refractivity contribution in [3.63, 3.8) is 0 Å². The fourth-order valence-corrected chi connectivity index (χ4v) is 3.35. The molecule has 19 heavy (non-hydrogen) atoms. The zero-order valence-electron chi connectivity index (χ0n) is 12.7. The van der Waals surface area contributed by atoms with Crippen LogP contribution in [0.2, 0.25) is 6.32 Å². The Bertz CT molecular complexity index is 434. The highest BCUT2D eigenvalue weighted by atomic mass is 32.2. The molecule has 1 saturated heterocycles. The lowest BCUT2D eigenvalue weighted by Gasteiger charge is -2.16. The van der Waals surface area contributed by atoms with Gasteiger partial charge in [-0.15, -0.1) is 0 Å². The molecule has 0 aromatic carbocycles. The van der Waals surface area contributed by atoms with Crippen LogP contribution in [0.25, 0.3) is 0 Å². The van der Waals surface area contributed by atoms with Crippen LogP contribution in [0.4, 0.5) is 0 Å². The summed E-state index contributed by atoms with van der Waals surface area (Å²) >= 11 is 0. The SMILES string of the molecule is [2H]C([2H])(N)CNS(=O)(=O)N1C[C@H](CCCB(O)O)[C@@H](N)C1. The van der Waals surface area contributed by atoms with Gasteiger partial charge < -0.3 is 21.5 Å². The first-order valence-electron chi connectivity index (χ1n) is 7.16. The van der Waals surface area contributed by atoms with Crippen LogP contribution in [0.3, 0.4) is 0 Å². The van der Waals surface area contributed by atoms with E-state index >= 15 is 0 Å². The number of nitrogens with zero attached hydrogens (tertiary/aromatic N) is 1. The van der Waals surface area contributed by atoms with E-state index in [1.807, 2.05) is 0 Å². The van der Waals surface area contributed by atoms with Gasteiger partial charge in [0.15, 0.2) is 0 Å². The van der Waals surface area contributed by atoms with E-state index in [0.717, 1.165) is 0 Å². The zero-order chi connectivity index (χ0) is 16.3. The minimum Gasteiger partial charge on any atom is -0.427 e. The first-order valence-corrected chi connectivity index (χ1v) is 7.60. The summed E-state index contributed by atoms with van der Waals surface area (Å²) < 4.78 is 41.5. The van der Waals surface area contributed by atoms with E-state index in [2.05, 4.69) is 4.72 Å². The van der Waals surface area contributed by atoms with Crippen molar-refractivity contribution >= 4 is 17.3 Å². The number of nitrogens with one attached hydrogen (secondary N) is 1. The Balaban J connectivity index is 2.50. The second kappa shape index (κ2) is 7.53. The highest BCUT2D eigenvalue weighted by Crippen LogP contribution is 2.23. The molecule has 0 amide bonds. The van der Waals surface area contributed by atoms with Gasteiger partial charge in [0.2, 0.25) is 0 Å². The molecular weight excluding hydrogens is 271 g/mol. The summed E-state index contributed by atoms with van der Waals surface area (Å²) in [5.74, 6) is -0.0602. The van der Waals surface area contributed by atoms with Crippen molar-refractivity contribution in [2.24, 2.45) is 17.4 Å². The molecule has 1 aliphatic rings. The van der Waals surface area contributed by atoms with Gasteiger partial charge in [-0.05, 0) is 18.7 Å². The maximum absolute atomic E-state index is 12.0. The van der Waals surface area contributed by atoms with E-state index in [0.29, 0.717) is 12.8 Å². The summed E-state index contributed by atoms with van der Waals surface area (Å²) in [7, 11) is -5.18. The second-order valence-corrected chi connectivity index (χ2v) is 6.44. The predicted molar refractivity (Wildman–Crippen MR) is 73.2 cm³/mol. The van der Waals surface area contributed by atoms with Gasteiger partial charge in [0.1, 0.15) is 0 Å². The van der Waals surface area contributed by atoms with Crippen molar-refractivity contribution in [2.45, 2.75) is 25.2 Å². The summed E-state index contributed by atoms with van der Waals surface area (Å²) in [6, 6.07) is -0.327. The third kappa shape index (κ3) is 5.34. The third-order valence-corrected chi connectivity index (χ3v) is 4.68. The Morgan fingerprint density at radius 3 is 2.74 bits per heavy atom. The minimum atomic E-state index is -3.82. The molecule has 1 fully saturated rings. The molecule has 0 bridgehead atoms. The zero-order valence-corrected chi connectivity index (χ0v) is 11.5. The maximum Gasteiger partial charge on any atom is 0.451 e. The van der Waals surface area contributed by atoms with Crippen LogP contribution < -0.4 is 16.2 Å².